The fraction of sp³-hybridized carbons (Fsp3) is 0.455. The van der Waals surface area contributed by atoms with E-state index in [1.54, 1.807) is 19.1 Å². The summed E-state index contributed by atoms with van der Waals surface area (Å²) >= 11 is 0. The number of ether oxygens (including phenoxy) is 1. The molecule has 0 spiro atoms. The van der Waals surface area contributed by atoms with E-state index in [-0.39, 0.29) is 6.10 Å². The lowest BCUT2D eigenvalue weighted by Gasteiger charge is -2.23. The van der Waals surface area contributed by atoms with Crippen LogP contribution >= 0.6 is 0 Å². The molecule has 0 aromatic heterocycles. The minimum absolute atomic E-state index is 0.0530. The molecule has 1 atom stereocenters. The van der Waals surface area contributed by atoms with Crippen LogP contribution in [0, 0.1) is 0 Å². The van der Waals surface area contributed by atoms with E-state index in [4.69, 9.17) is 4.74 Å². The third-order valence-corrected chi connectivity index (χ3v) is 1.76. The fourth-order valence-corrected chi connectivity index (χ4v) is 1.26. The van der Waals surface area contributed by atoms with Crippen LogP contribution in [-0.2, 0) is 15.6 Å². The molecule has 1 aromatic rings. The summed E-state index contributed by atoms with van der Waals surface area (Å²) in [6.45, 7) is 5.26. The lowest BCUT2D eigenvalue weighted by atomic mass is 10.1. The first-order chi connectivity index (χ1) is 6.02. The van der Waals surface area contributed by atoms with Gasteiger partial charge in [-0.15, -0.1) is 0 Å². The van der Waals surface area contributed by atoms with Gasteiger partial charge in [-0.25, -0.2) is 0 Å². The van der Waals surface area contributed by atoms with E-state index in [0.717, 1.165) is 0 Å². The Kier molecular flexibility index (Phi) is 3.07. The van der Waals surface area contributed by atoms with Crippen LogP contribution in [0.25, 0.3) is 0 Å². The van der Waals surface area contributed by atoms with Crippen LogP contribution in [-0.4, -0.2) is 6.10 Å². The van der Waals surface area contributed by atoms with Gasteiger partial charge >= 0.3 is 0 Å². The lowest BCUT2D eigenvalue weighted by molar-refractivity contribution is -0.255. The van der Waals surface area contributed by atoms with Crippen molar-refractivity contribution in [1.82, 2.24) is 0 Å². The predicted octanol–water partition coefficient (Wildman–Crippen LogP) is 2.71. The quantitative estimate of drug-likeness (QED) is 0.656. The van der Waals surface area contributed by atoms with Crippen LogP contribution in [0.4, 0.5) is 0 Å². The molecular formula is C11H15O2. The van der Waals surface area contributed by atoms with Gasteiger partial charge in [-0.3, -0.25) is 0 Å². The highest BCUT2D eigenvalue weighted by atomic mass is 16.6. The third kappa shape index (κ3) is 2.83. The molecule has 0 aliphatic carbocycles. The van der Waals surface area contributed by atoms with Crippen molar-refractivity contribution in [1.29, 1.82) is 0 Å². The van der Waals surface area contributed by atoms with Crippen molar-refractivity contribution >= 4 is 0 Å². The molecule has 1 rings (SSSR count). The van der Waals surface area contributed by atoms with E-state index in [2.05, 4.69) is 0 Å². The standard InChI is InChI=1S/C11H15O2/c1-9(2)13-11(3,12)10-7-5-4-6-8-10/h4-9H,1-3H3. The number of benzene rings is 1. The van der Waals surface area contributed by atoms with Gasteiger partial charge in [0.05, 0.1) is 6.10 Å². The van der Waals surface area contributed by atoms with Crippen molar-refractivity contribution in [2.75, 3.05) is 0 Å². The molecule has 0 N–H and O–H groups in total. The summed E-state index contributed by atoms with van der Waals surface area (Å²) in [5, 5.41) is 11.9. The summed E-state index contributed by atoms with van der Waals surface area (Å²) in [6.07, 6.45) is -0.0530. The molecule has 2 nitrogen and oxygen atoms in total. The van der Waals surface area contributed by atoms with Gasteiger partial charge in [0.2, 0.25) is 5.79 Å². The molecule has 0 amide bonds. The summed E-state index contributed by atoms with van der Waals surface area (Å²) in [6, 6.07) is 9.14. The molecule has 1 unspecified atom stereocenters. The second kappa shape index (κ2) is 3.90. The summed E-state index contributed by atoms with van der Waals surface area (Å²) in [4.78, 5) is 0. The summed E-state index contributed by atoms with van der Waals surface area (Å²) in [5.41, 5.74) is 0.670. The zero-order chi connectivity index (χ0) is 9.90. The number of hydrogen-bond donors (Lipinski definition) is 0. The van der Waals surface area contributed by atoms with Gasteiger partial charge in [0, 0.05) is 5.56 Å². The molecule has 0 aliphatic rings. The Morgan fingerprint density at radius 3 is 2.23 bits per heavy atom. The first-order valence-corrected chi connectivity index (χ1v) is 4.46. The van der Waals surface area contributed by atoms with Gasteiger partial charge in [0.25, 0.3) is 0 Å². The van der Waals surface area contributed by atoms with Crippen LogP contribution in [0.2, 0.25) is 0 Å². The van der Waals surface area contributed by atoms with Crippen molar-refractivity contribution in [3.63, 3.8) is 0 Å². The monoisotopic (exact) mass is 179 g/mol. The van der Waals surface area contributed by atoms with Crippen molar-refractivity contribution < 1.29 is 9.84 Å². The maximum Gasteiger partial charge on any atom is 0.225 e. The second-order valence-electron chi connectivity index (χ2n) is 3.48. The van der Waals surface area contributed by atoms with E-state index in [1.807, 2.05) is 32.0 Å². The van der Waals surface area contributed by atoms with Crippen molar-refractivity contribution in [3.8, 4) is 0 Å². The number of rotatable bonds is 3. The van der Waals surface area contributed by atoms with E-state index in [0.29, 0.717) is 5.56 Å². The Balaban J connectivity index is 2.81. The molecule has 0 aliphatic heterocycles. The second-order valence-corrected chi connectivity index (χ2v) is 3.48. The van der Waals surface area contributed by atoms with Crippen molar-refractivity contribution in [3.05, 3.63) is 35.9 Å². The number of hydrogen-bond acceptors (Lipinski definition) is 1. The molecule has 0 bridgehead atoms. The topological polar surface area (TPSA) is 29.1 Å². The Hall–Kier alpha value is -0.860. The van der Waals surface area contributed by atoms with Gasteiger partial charge in [-0.05, 0) is 20.8 Å². The normalized spacial score (nSPS) is 15.8. The van der Waals surface area contributed by atoms with Crippen LogP contribution in [0.5, 0.6) is 0 Å². The third-order valence-electron chi connectivity index (χ3n) is 1.76. The Morgan fingerprint density at radius 2 is 1.77 bits per heavy atom. The van der Waals surface area contributed by atoms with Crippen LogP contribution in [0.3, 0.4) is 0 Å². The predicted molar refractivity (Wildman–Crippen MR) is 50.7 cm³/mol. The smallest absolute Gasteiger partial charge is 0.225 e. The highest BCUT2D eigenvalue weighted by Gasteiger charge is 2.26. The SMILES string of the molecule is CC(C)OC(C)([O])c1ccccc1. The molecule has 0 heterocycles. The molecule has 0 fully saturated rings. The van der Waals surface area contributed by atoms with Gasteiger partial charge in [0.1, 0.15) is 0 Å². The van der Waals surface area contributed by atoms with Gasteiger partial charge in [-0.1, -0.05) is 30.3 Å². The molecule has 71 valence electrons. The molecular weight excluding hydrogens is 164 g/mol. The first kappa shape index (κ1) is 10.2. The molecule has 1 radical (unpaired) electrons. The Labute approximate surface area is 79.2 Å². The minimum atomic E-state index is -1.44. The largest absolute Gasteiger partial charge is 0.341 e. The Morgan fingerprint density at radius 1 is 1.23 bits per heavy atom. The fourth-order valence-electron chi connectivity index (χ4n) is 1.26. The van der Waals surface area contributed by atoms with E-state index in [9.17, 15) is 5.11 Å². The van der Waals surface area contributed by atoms with Gasteiger partial charge in [-0.2, -0.15) is 5.11 Å². The lowest BCUT2D eigenvalue weighted by Crippen LogP contribution is -2.27. The van der Waals surface area contributed by atoms with E-state index >= 15 is 0 Å². The van der Waals surface area contributed by atoms with Crippen molar-refractivity contribution in [2.24, 2.45) is 0 Å². The summed E-state index contributed by atoms with van der Waals surface area (Å²) in [7, 11) is 0. The average molecular weight is 179 g/mol. The molecule has 1 aromatic carbocycles. The zero-order valence-corrected chi connectivity index (χ0v) is 8.28. The molecule has 13 heavy (non-hydrogen) atoms. The van der Waals surface area contributed by atoms with Crippen LogP contribution in [0.15, 0.2) is 30.3 Å². The summed E-state index contributed by atoms with van der Waals surface area (Å²) in [5.74, 6) is -1.44. The average Bonchev–Trinajstić information content (AvgIpc) is 2.04. The van der Waals surface area contributed by atoms with Gasteiger partial charge < -0.3 is 4.74 Å². The molecule has 2 heteroatoms. The first-order valence-electron chi connectivity index (χ1n) is 4.46. The highest BCUT2D eigenvalue weighted by molar-refractivity contribution is 5.18. The highest BCUT2D eigenvalue weighted by Crippen LogP contribution is 2.23. The Bertz CT molecular complexity index is 252. The molecule has 0 saturated carbocycles. The van der Waals surface area contributed by atoms with Crippen LogP contribution < -0.4 is 0 Å². The van der Waals surface area contributed by atoms with E-state index in [1.165, 1.54) is 0 Å². The summed E-state index contributed by atoms with van der Waals surface area (Å²) < 4.78 is 5.27. The maximum absolute atomic E-state index is 11.9. The van der Waals surface area contributed by atoms with E-state index < -0.39 is 5.79 Å². The zero-order valence-electron chi connectivity index (χ0n) is 8.28. The van der Waals surface area contributed by atoms with Crippen LogP contribution in [0.1, 0.15) is 26.3 Å². The maximum atomic E-state index is 11.9. The molecule has 0 saturated heterocycles. The van der Waals surface area contributed by atoms with Gasteiger partial charge in [0.15, 0.2) is 0 Å². The minimum Gasteiger partial charge on any atom is -0.341 e. The van der Waals surface area contributed by atoms with Crippen molar-refractivity contribution in [2.45, 2.75) is 32.7 Å².